The van der Waals surface area contributed by atoms with Gasteiger partial charge in [0.2, 0.25) is 0 Å². The van der Waals surface area contributed by atoms with E-state index >= 15 is 0 Å². The van der Waals surface area contributed by atoms with Gasteiger partial charge in [0.1, 0.15) is 0 Å². The Bertz CT molecular complexity index is 351. The van der Waals surface area contributed by atoms with Crippen LogP contribution in [0.4, 0.5) is 5.69 Å². The molecule has 1 saturated carbocycles. The highest BCUT2D eigenvalue weighted by Crippen LogP contribution is 2.41. The lowest BCUT2D eigenvalue weighted by Crippen LogP contribution is -2.42. The zero-order chi connectivity index (χ0) is 10.9. The quantitative estimate of drug-likeness (QED) is 0.663. The van der Waals surface area contributed by atoms with Gasteiger partial charge >= 0.3 is 0 Å². The SMILES string of the molecule is NCC(O)(Cc1cnccc1N)C1CC1. The molecule has 1 aromatic rings. The maximum Gasteiger partial charge on any atom is 0.0838 e. The Morgan fingerprint density at radius 1 is 1.53 bits per heavy atom. The molecule has 1 atom stereocenters. The fourth-order valence-electron chi connectivity index (χ4n) is 1.92. The van der Waals surface area contributed by atoms with Gasteiger partial charge in [-0.25, -0.2) is 0 Å². The predicted molar refractivity (Wildman–Crippen MR) is 59.1 cm³/mol. The van der Waals surface area contributed by atoms with Crippen LogP contribution in [0.15, 0.2) is 18.5 Å². The molecular weight excluding hydrogens is 190 g/mol. The number of pyridine rings is 1. The van der Waals surface area contributed by atoms with Gasteiger partial charge in [-0.15, -0.1) is 0 Å². The molecule has 1 aliphatic carbocycles. The monoisotopic (exact) mass is 207 g/mol. The van der Waals surface area contributed by atoms with Gasteiger partial charge in [-0.05, 0) is 30.4 Å². The highest BCUT2D eigenvalue weighted by Gasteiger charge is 2.42. The number of aromatic nitrogens is 1. The van der Waals surface area contributed by atoms with Crippen molar-refractivity contribution in [3.63, 3.8) is 0 Å². The van der Waals surface area contributed by atoms with E-state index in [2.05, 4.69) is 4.98 Å². The van der Waals surface area contributed by atoms with Crippen molar-refractivity contribution in [2.24, 2.45) is 11.7 Å². The molecule has 0 bridgehead atoms. The van der Waals surface area contributed by atoms with Crippen molar-refractivity contribution < 1.29 is 5.11 Å². The van der Waals surface area contributed by atoms with Gasteiger partial charge in [-0.1, -0.05) is 0 Å². The van der Waals surface area contributed by atoms with Crippen LogP contribution in [0.2, 0.25) is 0 Å². The van der Waals surface area contributed by atoms with Gasteiger partial charge in [-0.3, -0.25) is 4.98 Å². The van der Waals surface area contributed by atoms with Gasteiger partial charge < -0.3 is 16.6 Å². The first-order chi connectivity index (χ1) is 7.15. The molecule has 2 rings (SSSR count). The van der Waals surface area contributed by atoms with Crippen molar-refractivity contribution in [3.05, 3.63) is 24.0 Å². The maximum absolute atomic E-state index is 10.3. The summed E-state index contributed by atoms with van der Waals surface area (Å²) < 4.78 is 0. The number of hydrogen-bond acceptors (Lipinski definition) is 4. The molecule has 0 spiro atoms. The number of aliphatic hydroxyl groups is 1. The van der Waals surface area contributed by atoms with Crippen molar-refractivity contribution in [2.45, 2.75) is 24.9 Å². The summed E-state index contributed by atoms with van der Waals surface area (Å²) in [6.45, 7) is 0.284. The summed E-state index contributed by atoms with van der Waals surface area (Å²) in [5.74, 6) is 0.335. The molecule has 5 N–H and O–H groups in total. The fraction of sp³-hybridized carbons (Fsp3) is 0.545. The van der Waals surface area contributed by atoms with Gasteiger partial charge in [0.15, 0.2) is 0 Å². The van der Waals surface area contributed by atoms with Crippen molar-refractivity contribution in [2.75, 3.05) is 12.3 Å². The van der Waals surface area contributed by atoms with Crippen LogP contribution in [0.3, 0.4) is 0 Å². The molecule has 0 aromatic carbocycles. The summed E-state index contributed by atoms with van der Waals surface area (Å²) in [5, 5.41) is 10.3. The predicted octanol–water partition coefficient (Wildman–Crippen LogP) is 0.306. The van der Waals surface area contributed by atoms with E-state index in [1.807, 2.05) is 0 Å². The Hall–Kier alpha value is -1.13. The Labute approximate surface area is 89.3 Å². The minimum atomic E-state index is -0.794. The third kappa shape index (κ3) is 2.11. The average molecular weight is 207 g/mol. The van der Waals surface area contributed by atoms with E-state index in [1.165, 1.54) is 0 Å². The zero-order valence-corrected chi connectivity index (χ0v) is 8.69. The number of hydrogen-bond donors (Lipinski definition) is 3. The van der Waals surface area contributed by atoms with Crippen LogP contribution >= 0.6 is 0 Å². The number of nitrogens with zero attached hydrogens (tertiary/aromatic N) is 1. The molecule has 4 heteroatoms. The van der Waals surface area contributed by atoms with E-state index in [9.17, 15) is 5.11 Å². The lowest BCUT2D eigenvalue weighted by atomic mass is 9.90. The van der Waals surface area contributed by atoms with E-state index < -0.39 is 5.60 Å². The second kappa shape index (κ2) is 3.79. The van der Waals surface area contributed by atoms with Crippen LogP contribution in [-0.4, -0.2) is 22.2 Å². The maximum atomic E-state index is 10.3. The minimum absolute atomic E-state index is 0.284. The molecule has 0 aliphatic heterocycles. The first kappa shape index (κ1) is 10.4. The molecule has 1 aromatic heterocycles. The van der Waals surface area contributed by atoms with Crippen molar-refractivity contribution in [1.29, 1.82) is 0 Å². The Balaban J connectivity index is 2.16. The van der Waals surface area contributed by atoms with Gasteiger partial charge in [0.05, 0.1) is 5.60 Å². The van der Waals surface area contributed by atoms with Gasteiger partial charge in [-0.2, -0.15) is 0 Å². The van der Waals surface area contributed by atoms with Crippen LogP contribution in [0.25, 0.3) is 0 Å². The lowest BCUT2D eigenvalue weighted by molar-refractivity contribution is 0.0268. The first-order valence-electron chi connectivity index (χ1n) is 5.26. The number of nitrogens with two attached hydrogens (primary N) is 2. The van der Waals surface area contributed by atoms with Gasteiger partial charge in [0, 0.05) is 31.0 Å². The van der Waals surface area contributed by atoms with Crippen LogP contribution in [0.5, 0.6) is 0 Å². The summed E-state index contributed by atoms with van der Waals surface area (Å²) in [5.41, 5.74) is 12.2. The first-order valence-corrected chi connectivity index (χ1v) is 5.26. The highest BCUT2D eigenvalue weighted by atomic mass is 16.3. The number of nitrogen functional groups attached to an aromatic ring is 1. The Morgan fingerprint density at radius 2 is 2.27 bits per heavy atom. The second-order valence-electron chi connectivity index (χ2n) is 4.33. The molecule has 1 fully saturated rings. The molecule has 0 amide bonds. The standard InChI is InChI=1S/C11H17N3O/c12-7-11(15,9-1-2-9)5-8-6-14-4-3-10(8)13/h3-4,6,9,15H,1-2,5,7,12H2,(H2,13,14). The molecule has 4 nitrogen and oxygen atoms in total. The van der Waals surface area contributed by atoms with Crippen LogP contribution in [0, 0.1) is 5.92 Å². The van der Waals surface area contributed by atoms with Crippen LogP contribution in [0.1, 0.15) is 18.4 Å². The van der Waals surface area contributed by atoms with Crippen LogP contribution < -0.4 is 11.5 Å². The minimum Gasteiger partial charge on any atom is -0.398 e. The smallest absolute Gasteiger partial charge is 0.0838 e. The molecule has 15 heavy (non-hydrogen) atoms. The third-order valence-corrected chi connectivity index (χ3v) is 3.13. The molecule has 1 heterocycles. The largest absolute Gasteiger partial charge is 0.398 e. The van der Waals surface area contributed by atoms with E-state index in [1.54, 1.807) is 18.5 Å². The normalized spacial score (nSPS) is 19.9. The molecule has 0 saturated heterocycles. The summed E-state index contributed by atoms with van der Waals surface area (Å²) in [4.78, 5) is 4.01. The highest BCUT2D eigenvalue weighted by molar-refractivity contribution is 5.45. The zero-order valence-electron chi connectivity index (χ0n) is 8.69. The Morgan fingerprint density at radius 3 is 2.80 bits per heavy atom. The summed E-state index contributed by atoms with van der Waals surface area (Å²) in [6, 6.07) is 1.75. The molecule has 1 aliphatic rings. The van der Waals surface area contributed by atoms with Crippen molar-refractivity contribution >= 4 is 5.69 Å². The van der Waals surface area contributed by atoms with E-state index in [0.29, 0.717) is 18.0 Å². The number of anilines is 1. The molecule has 1 unspecified atom stereocenters. The summed E-state index contributed by atoms with van der Waals surface area (Å²) in [6.07, 6.45) is 5.99. The van der Waals surface area contributed by atoms with E-state index in [-0.39, 0.29) is 6.54 Å². The summed E-state index contributed by atoms with van der Waals surface area (Å²) >= 11 is 0. The van der Waals surface area contributed by atoms with E-state index in [4.69, 9.17) is 11.5 Å². The number of rotatable bonds is 4. The molecular formula is C11H17N3O. The topological polar surface area (TPSA) is 85.2 Å². The lowest BCUT2D eigenvalue weighted by Gasteiger charge is -2.26. The van der Waals surface area contributed by atoms with E-state index in [0.717, 1.165) is 18.4 Å². The fourth-order valence-corrected chi connectivity index (χ4v) is 1.92. The second-order valence-corrected chi connectivity index (χ2v) is 4.33. The molecule has 0 radical (unpaired) electrons. The van der Waals surface area contributed by atoms with Crippen molar-refractivity contribution in [3.8, 4) is 0 Å². The van der Waals surface area contributed by atoms with Crippen molar-refractivity contribution in [1.82, 2.24) is 4.98 Å². The Kier molecular flexibility index (Phi) is 2.63. The summed E-state index contributed by atoms with van der Waals surface area (Å²) in [7, 11) is 0. The third-order valence-electron chi connectivity index (χ3n) is 3.13. The van der Waals surface area contributed by atoms with Gasteiger partial charge in [0.25, 0.3) is 0 Å². The van der Waals surface area contributed by atoms with Crippen LogP contribution in [-0.2, 0) is 6.42 Å². The average Bonchev–Trinajstić information content (AvgIpc) is 3.05. The molecule has 82 valence electrons.